The molecule has 0 aliphatic carbocycles. The molecular formula is C26H38N2O4. The van der Waals surface area contributed by atoms with Gasteiger partial charge in [0.25, 0.3) is 0 Å². The van der Waals surface area contributed by atoms with Crippen molar-refractivity contribution in [3.05, 3.63) is 47.5 Å². The Bertz CT molecular complexity index is 852. The second kappa shape index (κ2) is 12.0. The number of rotatable bonds is 12. The molecule has 1 aliphatic rings. The minimum atomic E-state index is 0.383. The maximum Gasteiger partial charge on any atom is 0.162 e. The van der Waals surface area contributed by atoms with Gasteiger partial charge < -0.3 is 28.7 Å². The molecule has 0 bridgehead atoms. The Morgan fingerprint density at radius 1 is 1.06 bits per heavy atom. The van der Waals surface area contributed by atoms with Gasteiger partial charge in [-0.2, -0.15) is 0 Å². The molecular weight excluding hydrogens is 404 g/mol. The van der Waals surface area contributed by atoms with Gasteiger partial charge >= 0.3 is 0 Å². The van der Waals surface area contributed by atoms with Gasteiger partial charge in [0.15, 0.2) is 11.5 Å². The predicted molar refractivity (Wildman–Crippen MR) is 129 cm³/mol. The Labute approximate surface area is 193 Å². The molecule has 0 radical (unpaired) electrons. The first kappa shape index (κ1) is 24.2. The Morgan fingerprint density at radius 3 is 2.53 bits per heavy atom. The molecule has 1 fully saturated rings. The molecule has 2 aromatic carbocycles. The number of methoxy groups -OCH3 is 2. The van der Waals surface area contributed by atoms with E-state index < -0.39 is 0 Å². The van der Waals surface area contributed by atoms with Crippen LogP contribution in [0, 0.1) is 6.92 Å². The molecule has 6 nitrogen and oxygen atoms in total. The lowest BCUT2D eigenvalue weighted by atomic mass is 10.1. The quantitative estimate of drug-likeness (QED) is 0.481. The van der Waals surface area contributed by atoms with Crippen LogP contribution < -0.4 is 19.1 Å². The third-order valence-electron chi connectivity index (χ3n) is 6.07. The highest BCUT2D eigenvalue weighted by Gasteiger charge is 2.17. The Balaban J connectivity index is 1.55. The normalized spacial score (nSPS) is 15.8. The van der Waals surface area contributed by atoms with Crippen molar-refractivity contribution in [3.8, 4) is 17.2 Å². The molecule has 1 saturated heterocycles. The van der Waals surface area contributed by atoms with Crippen molar-refractivity contribution in [1.29, 1.82) is 0 Å². The molecule has 2 aromatic rings. The Morgan fingerprint density at radius 2 is 1.88 bits per heavy atom. The molecule has 0 saturated carbocycles. The highest BCUT2D eigenvalue weighted by atomic mass is 16.5. The second-order valence-electron chi connectivity index (χ2n) is 8.39. The number of nitrogens with zero attached hydrogens (tertiary/aromatic N) is 2. The summed E-state index contributed by atoms with van der Waals surface area (Å²) < 4.78 is 22.6. The highest BCUT2D eigenvalue weighted by Crippen LogP contribution is 2.32. The Kier molecular flexibility index (Phi) is 9.06. The first-order valence-corrected chi connectivity index (χ1v) is 11.5. The van der Waals surface area contributed by atoms with Gasteiger partial charge in [-0.25, -0.2) is 0 Å². The van der Waals surface area contributed by atoms with Crippen LogP contribution in [0.2, 0.25) is 0 Å². The molecule has 0 amide bonds. The fourth-order valence-corrected chi connectivity index (χ4v) is 4.10. The first-order valence-electron chi connectivity index (χ1n) is 11.5. The Hall–Kier alpha value is -2.44. The van der Waals surface area contributed by atoms with Crippen molar-refractivity contribution in [3.63, 3.8) is 0 Å². The van der Waals surface area contributed by atoms with Crippen LogP contribution in [-0.2, 0) is 11.3 Å². The van der Waals surface area contributed by atoms with Gasteiger partial charge in [-0.3, -0.25) is 0 Å². The average molecular weight is 443 g/mol. The van der Waals surface area contributed by atoms with Crippen molar-refractivity contribution in [1.82, 2.24) is 4.90 Å². The molecule has 6 heteroatoms. The van der Waals surface area contributed by atoms with Gasteiger partial charge in [0.1, 0.15) is 12.4 Å². The predicted octanol–water partition coefficient (Wildman–Crippen LogP) is 4.53. The number of hydrogen-bond donors (Lipinski definition) is 0. The monoisotopic (exact) mass is 442 g/mol. The van der Waals surface area contributed by atoms with E-state index in [1.807, 2.05) is 12.1 Å². The van der Waals surface area contributed by atoms with Crippen molar-refractivity contribution in [2.45, 2.75) is 39.3 Å². The zero-order chi connectivity index (χ0) is 22.9. The number of hydrogen-bond acceptors (Lipinski definition) is 6. The van der Waals surface area contributed by atoms with Gasteiger partial charge in [-0.1, -0.05) is 6.07 Å². The molecule has 1 aliphatic heterocycles. The minimum absolute atomic E-state index is 0.383. The molecule has 0 unspecified atom stereocenters. The van der Waals surface area contributed by atoms with E-state index in [1.165, 1.54) is 24.0 Å². The van der Waals surface area contributed by atoms with Gasteiger partial charge in [0.2, 0.25) is 0 Å². The summed E-state index contributed by atoms with van der Waals surface area (Å²) in [5, 5.41) is 0. The molecule has 3 rings (SSSR count). The minimum Gasteiger partial charge on any atom is -0.493 e. The fraction of sp³-hybridized carbons (Fsp3) is 0.538. The van der Waals surface area contributed by atoms with E-state index in [-0.39, 0.29) is 0 Å². The number of anilines is 1. The van der Waals surface area contributed by atoms with Gasteiger partial charge in [0, 0.05) is 44.5 Å². The van der Waals surface area contributed by atoms with Crippen LogP contribution in [0.1, 0.15) is 30.9 Å². The second-order valence-corrected chi connectivity index (χ2v) is 8.39. The molecule has 1 atom stereocenters. The maximum atomic E-state index is 6.02. The molecule has 32 heavy (non-hydrogen) atoms. The third kappa shape index (κ3) is 6.53. The van der Waals surface area contributed by atoms with Crippen molar-refractivity contribution < 1.29 is 18.9 Å². The van der Waals surface area contributed by atoms with E-state index in [2.05, 4.69) is 55.0 Å². The summed E-state index contributed by atoms with van der Waals surface area (Å²) in [6.45, 7) is 9.47. The summed E-state index contributed by atoms with van der Waals surface area (Å²) in [5.74, 6) is 2.41. The summed E-state index contributed by atoms with van der Waals surface area (Å²) >= 11 is 0. The summed E-state index contributed by atoms with van der Waals surface area (Å²) in [5.41, 5.74) is 3.62. The van der Waals surface area contributed by atoms with Crippen molar-refractivity contribution >= 4 is 5.69 Å². The van der Waals surface area contributed by atoms with Crippen LogP contribution in [0.4, 0.5) is 5.69 Å². The lowest BCUT2D eigenvalue weighted by Crippen LogP contribution is -2.32. The van der Waals surface area contributed by atoms with E-state index in [0.29, 0.717) is 12.7 Å². The fourth-order valence-electron chi connectivity index (χ4n) is 4.10. The number of benzene rings is 2. The lowest BCUT2D eigenvalue weighted by molar-refractivity contribution is 0.0771. The topological polar surface area (TPSA) is 43.4 Å². The van der Waals surface area contributed by atoms with Gasteiger partial charge in [-0.15, -0.1) is 0 Å². The summed E-state index contributed by atoms with van der Waals surface area (Å²) in [6, 6.07) is 12.4. The van der Waals surface area contributed by atoms with Gasteiger partial charge in [-0.05, 0) is 69.1 Å². The van der Waals surface area contributed by atoms with Crippen LogP contribution in [-0.4, -0.2) is 65.1 Å². The first-order chi connectivity index (χ1) is 15.5. The standard InChI is InChI=1S/C26H38N2O4/c1-6-28(22-10-12-25(29-4)26(17-22)30-5)18-21-9-11-23(16-20(21)2)32-15-13-27(3)19-24-8-7-14-31-24/h9-12,16-17,24H,6-8,13-15,18-19H2,1-5H3/t24-/m1/s1. The van der Waals surface area contributed by atoms with Crippen molar-refractivity contribution in [2.24, 2.45) is 0 Å². The molecule has 0 spiro atoms. The van der Waals surface area contributed by atoms with Crippen LogP contribution in [0.25, 0.3) is 0 Å². The van der Waals surface area contributed by atoms with Crippen LogP contribution in [0.5, 0.6) is 17.2 Å². The zero-order valence-electron chi connectivity index (χ0n) is 20.2. The number of likely N-dealkylation sites (N-methyl/N-ethyl adjacent to an activating group) is 1. The smallest absolute Gasteiger partial charge is 0.162 e. The van der Waals surface area contributed by atoms with Crippen LogP contribution in [0.15, 0.2) is 36.4 Å². The maximum absolute atomic E-state index is 6.02. The van der Waals surface area contributed by atoms with E-state index in [0.717, 1.165) is 55.7 Å². The summed E-state index contributed by atoms with van der Waals surface area (Å²) in [4.78, 5) is 4.62. The lowest BCUT2D eigenvalue weighted by Gasteiger charge is -2.25. The van der Waals surface area contributed by atoms with Crippen LogP contribution >= 0.6 is 0 Å². The SMILES string of the molecule is CCN(Cc1ccc(OCCN(C)C[C@H]2CCCO2)cc1C)c1ccc(OC)c(OC)c1. The van der Waals surface area contributed by atoms with Crippen molar-refractivity contribution in [2.75, 3.05) is 59.0 Å². The number of ether oxygens (including phenoxy) is 4. The molecule has 0 N–H and O–H groups in total. The third-order valence-corrected chi connectivity index (χ3v) is 6.07. The van der Waals surface area contributed by atoms with E-state index in [4.69, 9.17) is 18.9 Å². The highest BCUT2D eigenvalue weighted by molar-refractivity contribution is 5.57. The van der Waals surface area contributed by atoms with Crippen LogP contribution in [0.3, 0.4) is 0 Å². The number of aryl methyl sites for hydroxylation is 1. The molecule has 176 valence electrons. The van der Waals surface area contributed by atoms with E-state index in [1.54, 1.807) is 14.2 Å². The molecule has 0 aromatic heterocycles. The molecule has 1 heterocycles. The largest absolute Gasteiger partial charge is 0.493 e. The van der Waals surface area contributed by atoms with E-state index in [9.17, 15) is 0 Å². The van der Waals surface area contributed by atoms with E-state index >= 15 is 0 Å². The zero-order valence-corrected chi connectivity index (χ0v) is 20.2. The average Bonchev–Trinajstić information content (AvgIpc) is 3.31. The van der Waals surface area contributed by atoms with Gasteiger partial charge in [0.05, 0.1) is 20.3 Å². The summed E-state index contributed by atoms with van der Waals surface area (Å²) in [7, 11) is 5.46. The summed E-state index contributed by atoms with van der Waals surface area (Å²) in [6.07, 6.45) is 2.74.